The average Bonchev–Trinajstić information content (AvgIpc) is 3.18. The second-order valence-corrected chi connectivity index (χ2v) is 6.94. The van der Waals surface area contributed by atoms with E-state index in [2.05, 4.69) is 0 Å². The molecule has 0 N–H and O–H groups in total. The molecule has 0 aliphatic carbocycles. The summed E-state index contributed by atoms with van der Waals surface area (Å²) >= 11 is 0. The molecular formula is C18H22N2O5. The van der Waals surface area contributed by atoms with Crippen LogP contribution in [0.25, 0.3) is 0 Å². The van der Waals surface area contributed by atoms with Gasteiger partial charge >= 0.3 is 0 Å². The van der Waals surface area contributed by atoms with Crippen molar-refractivity contribution in [1.29, 1.82) is 0 Å². The monoisotopic (exact) mass is 346 g/mol. The van der Waals surface area contributed by atoms with Crippen molar-refractivity contribution in [2.24, 2.45) is 5.92 Å². The van der Waals surface area contributed by atoms with Crippen LogP contribution in [0.5, 0.6) is 11.5 Å². The van der Waals surface area contributed by atoms with Crippen LogP contribution in [0, 0.1) is 5.92 Å². The lowest BCUT2D eigenvalue weighted by Crippen LogP contribution is -2.50. The number of fused-ring (bicyclic) bond motifs is 1. The van der Waals surface area contributed by atoms with Crippen molar-refractivity contribution < 1.29 is 23.8 Å². The van der Waals surface area contributed by atoms with E-state index in [1.165, 1.54) is 0 Å². The number of amides is 2. The number of ether oxygens (including phenoxy) is 3. The Labute approximate surface area is 146 Å². The molecule has 7 heteroatoms. The molecule has 134 valence electrons. The molecule has 3 heterocycles. The minimum Gasteiger partial charge on any atom is -0.454 e. The number of hydrogen-bond donors (Lipinski definition) is 0. The zero-order chi connectivity index (χ0) is 17.6. The molecule has 4 rings (SSSR count). The van der Waals surface area contributed by atoms with Crippen molar-refractivity contribution in [3.8, 4) is 11.5 Å². The summed E-state index contributed by atoms with van der Waals surface area (Å²) in [6, 6.07) is 5.43. The Kier molecular flexibility index (Phi) is 4.03. The lowest BCUT2D eigenvalue weighted by Gasteiger charge is -2.36. The molecule has 3 aliphatic heterocycles. The predicted octanol–water partition coefficient (Wildman–Crippen LogP) is 1.40. The smallest absolute Gasteiger partial charge is 0.231 e. The minimum atomic E-state index is -0.310. The Balaban J connectivity index is 1.47. The summed E-state index contributed by atoms with van der Waals surface area (Å²) in [5, 5.41) is 0. The molecule has 2 fully saturated rings. The van der Waals surface area contributed by atoms with E-state index < -0.39 is 0 Å². The number of benzene rings is 1. The fourth-order valence-electron chi connectivity index (χ4n) is 3.79. The van der Waals surface area contributed by atoms with Gasteiger partial charge in [-0.2, -0.15) is 0 Å². The average molecular weight is 346 g/mol. The molecule has 0 spiro atoms. The molecule has 2 amide bonds. The summed E-state index contributed by atoms with van der Waals surface area (Å²) in [7, 11) is 0. The second kappa shape index (κ2) is 6.22. The van der Waals surface area contributed by atoms with Gasteiger partial charge in [0.2, 0.25) is 18.6 Å². The summed E-state index contributed by atoms with van der Waals surface area (Å²) in [6.07, 6.45) is 0.289. The molecule has 0 saturated carbocycles. The van der Waals surface area contributed by atoms with Gasteiger partial charge in [0, 0.05) is 37.8 Å². The van der Waals surface area contributed by atoms with Crippen LogP contribution in [-0.4, -0.2) is 55.3 Å². The maximum absolute atomic E-state index is 12.8. The number of hydrogen-bond acceptors (Lipinski definition) is 5. The van der Waals surface area contributed by atoms with Crippen LogP contribution in [0.2, 0.25) is 0 Å². The number of rotatable bonds is 2. The third kappa shape index (κ3) is 3.04. The topological polar surface area (TPSA) is 68.3 Å². The zero-order valence-electron chi connectivity index (χ0n) is 14.4. The highest BCUT2D eigenvalue weighted by molar-refractivity contribution is 6.00. The summed E-state index contributed by atoms with van der Waals surface area (Å²) in [5.74, 6) is 1.01. The van der Waals surface area contributed by atoms with Crippen molar-refractivity contribution in [2.75, 3.05) is 31.3 Å². The van der Waals surface area contributed by atoms with Gasteiger partial charge < -0.3 is 24.0 Å². The predicted molar refractivity (Wildman–Crippen MR) is 89.6 cm³/mol. The van der Waals surface area contributed by atoms with E-state index in [0.29, 0.717) is 31.1 Å². The van der Waals surface area contributed by atoms with Crippen LogP contribution >= 0.6 is 0 Å². The first-order chi connectivity index (χ1) is 12.0. The van der Waals surface area contributed by atoms with Crippen molar-refractivity contribution in [3.63, 3.8) is 0 Å². The van der Waals surface area contributed by atoms with E-state index in [9.17, 15) is 9.59 Å². The number of morpholine rings is 1. The van der Waals surface area contributed by atoms with Gasteiger partial charge in [-0.1, -0.05) is 0 Å². The summed E-state index contributed by atoms with van der Waals surface area (Å²) in [5.41, 5.74) is 0.744. The first-order valence-corrected chi connectivity index (χ1v) is 8.65. The van der Waals surface area contributed by atoms with Gasteiger partial charge in [-0.3, -0.25) is 9.59 Å². The highest BCUT2D eigenvalue weighted by Gasteiger charge is 2.39. The first-order valence-electron chi connectivity index (χ1n) is 8.65. The van der Waals surface area contributed by atoms with E-state index in [0.717, 1.165) is 5.69 Å². The Morgan fingerprint density at radius 3 is 2.56 bits per heavy atom. The molecule has 2 saturated heterocycles. The van der Waals surface area contributed by atoms with Gasteiger partial charge in [-0.25, -0.2) is 0 Å². The fraction of sp³-hybridized carbons (Fsp3) is 0.556. The van der Waals surface area contributed by atoms with Gasteiger partial charge in [0.15, 0.2) is 11.5 Å². The van der Waals surface area contributed by atoms with Gasteiger partial charge in [0.05, 0.1) is 18.1 Å². The van der Waals surface area contributed by atoms with Crippen molar-refractivity contribution in [1.82, 2.24) is 4.90 Å². The number of anilines is 1. The third-order valence-electron chi connectivity index (χ3n) is 4.87. The van der Waals surface area contributed by atoms with Crippen molar-refractivity contribution >= 4 is 17.5 Å². The minimum absolute atomic E-state index is 0.0229. The van der Waals surface area contributed by atoms with Crippen LogP contribution < -0.4 is 14.4 Å². The lowest BCUT2D eigenvalue weighted by atomic mass is 10.1. The third-order valence-corrected chi connectivity index (χ3v) is 4.87. The molecular weight excluding hydrogens is 324 g/mol. The molecule has 1 aromatic rings. The summed E-state index contributed by atoms with van der Waals surface area (Å²) in [6.45, 7) is 5.69. The molecule has 3 aliphatic rings. The first kappa shape index (κ1) is 16.2. The van der Waals surface area contributed by atoms with Gasteiger partial charge in [0.25, 0.3) is 0 Å². The standard InChI is InChI=1S/C18H22N2O5/c1-11-7-19(8-12(2)25-11)18(22)13-5-17(21)20(9-13)14-3-4-15-16(6-14)24-10-23-15/h3-4,6,11-13H,5,7-10H2,1-2H3/t11-,12+,13-/m1/s1. The Morgan fingerprint density at radius 2 is 1.80 bits per heavy atom. The number of carbonyl (C=O) groups is 2. The Morgan fingerprint density at radius 1 is 1.08 bits per heavy atom. The van der Waals surface area contributed by atoms with Crippen molar-refractivity contribution in [3.05, 3.63) is 18.2 Å². The van der Waals surface area contributed by atoms with Crippen LogP contribution in [-0.2, 0) is 14.3 Å². The van der Waals surface area contributed by atoms with Crippen LogP contribution in [0.4, 0.5) is 5.69 Å². The van der Waals surface area contributed by atoms with Crippen LogP contribution in [0.1, 0.15) is 20.3 Å². The summed E-state index contributed by atoms with van der Waals surface area (Å²) in [4.78, 5) is 28.8. The number of carbonyl (C=O) groups excluding carboxylic acids is 2. The van der Waals surface area contributed by atoms with Gasteiger partial charge in [0.1, 0.15) is 0 Å². The SMILES string of the molecule is C[C@@H]1CN(C(=O)[C@@H]2CC(=O)N(c3ccc4c(c3)OCO4)C2)C[C@H](C)O1. The normalized spacial score (nSPS) is 28.6. The van der Waals surface area contributed by atoms with Gasteiger partial charge in [-0.15, -0.1) is 0 Å². The molecule has 0 bridgehead atoms. The highest BCUT2D eigenvalue weighted by atomic mass is 16.7. The van der Waals surface area contributed by atoms with Crippen LogP contribution in [0.3, 0.4) is 0 Å². The molecule has 1 aromatic carbocycles. The van der Waals surface area contributed by atoms with E-state index in [-0.39, 0.29) is 43.2 Å². The number of nitrogens with zero attached hydrogens (tertiary/aromatic N) is 2. The fourth-order valence-corrected chi connectivity index (χ4v) is 3.79. The maximum Gasteiger partial charge on any atom is 0.231 e. The van der Waals surface area contributed by atoms with Crippen molar-refractivity contribution in [2.45, 2.75) is 32.5 Å². The van der Waals surface area contributed by atoms with Crippen LogP contribution in [0.15, 0.2) is 18.2 Å². The largest absolute Gasteiger partial charge is 0.454 e. The van der Waals surface area contributed by atoms with Gasteiger partial charge in [-0.05, 0) is 26.0 Å². The Hall–Kier alpha value is -2.28. The Bertz CT molecular complexity index is 697. The molecule has 25 heavy (non-hydrogen) atoms. The molecule has 7 nitrogen and oxygen atoms in total. The van der Waals surface area contributed by atoms with E-state index >= 15 is 0 Å². The molecule has 0 radical (unpaired) electrons. The summed E-state index contributed by atoms with van der Waals surface area (Å²) < 4.78 is 16.4. The van der Waals surface area contributed by atoms with E-state index in [1.807, 2.05) is 24.8 Å². The van der Waals surface area contributed by atoms with E-state index in [4.69, 9.17) is 14.2 Å². The lowest BCUT2D eigenvalue weighted by molar-refractivity contribution is -0.147. The quantitative estimate of drug-likeness (QED) is 0.810. The maximum atomic E-state index is 12.8. The second-order valence-electron chi connectivity index (χ2n) is 6.94. The molecule has 0 aromatic heterocycles. The molecule has 0 unspecified atom stereocenters. The highest BCUT2D eigenvalue weighted by Crippen LogP contribution is 2.37. The molecule has 3 atom stereocenters. The zero-order valence-corrected chi connectivity index (χ0v) is 14.4. The van der Waals surface area contributed by atoms with E-state index in [1.54, 1.807) is 17.0 Å².